The lowest BCUT2D eigenvalue weighted by molar-refractivity contribution is -0.118. The van der Waals surface area contributed by atoms with E-state index in [-0.39, 0.29) is 18.4 Å². The summed E-state index contributed by atoms with van der Waals surface area (Å²) in [6, 6.07) is 3.86. The topological polar surface area (TPSA) is 85.3 Å². The van der Waals surface area contributed by atoms with E-state index in [2.05, 4.69) is 15.4 Å². The first-order valence-corrected chi connectivity index (χ1v) is 5.41. The molecule has 1 amide bonds. The van der Waals surface area contributed by atoms with Crippen LogP contribution in [0.1, 0.15) is 18.9 Å². The molecule has 6 heteroatoms. The molecule has 6 nitrogen and oxygen atoms in total. The smallest absolute Gasteiger partial charge is 0.219 e. The number of aryl methyl sites for hydroxylation is 1. The second-order valence-electron chi connectivity index (χ2n) is 4.16. The number of nitrogens with zero attached hydrogens (tertiary/aromatic N) is 3. The molecule has 0 aliphatic heterocycles. The predicted octanol–water partition coefficient (Wildman–Crippen LogP) is 0.714. The molecule has 3 N–H and O–H groups in total. The van der Waals surface area contributed by atoms with E-state index in [4.69, 9.17) is 5.73 Å². The first kappa shape index (κ1) is 11.4. The van der Waals surface area contributed by atoms with E-state index in [1.54, 1.807) is 4.52 Å². The SMILES string of the molecule is Cc1cc(NC(C)CC(N)=O)n2ncnc2c1. The van der Waals surface area contributed by atoms with Crippen molar-refractivity contribution in [1.82, 2.24) is 14.6 Å². The summed E-state index contributed by atoms with van der Waals surface area (Å²) in [4.78, 5) is 15.0. The Balaban J connectivity index is 2.28. The molecular formula is C11H15N5O. The largest absolute Gasteiger partial charge is 0.370 e. The number of nitrogens with two attached hydrogens (primary N) is 1. The van der Waals surface area contributed by atoms with Gasteiger partial charge in [0.1, 0.15) is 12.1 Å². The lowest BCUT2D eigenvalue weighted by atomic mass is 10.2. The summed E-state index contributed by atoms with van der Waals surface area (Å²) in [6.45, 7) is 3.88. The Bertz CT molecular complexity index is 548. The van der Waals surface area contributed by atoms with Crippen LogP contribution in [0.15, 0.2) is 18.5 Å². The highest BCUT2D eigenvalue weighted by atomic mass is 16.1. The lowest BCUT2D eigenvalue weighted by Crippen LogP contribution is -2.25. The summed E-state index contributed by atoms with van der Waals surface area (Å²) in [6.07, 6.45) is 1.78. The number of rotatable bonds is 4. The van der Waals surface area contributed by atoms with E-state index >= 15 is 0 Å². The Morgan fingerprint density at radius 1 is 1.59 bits per heavy atom. The zero-order valence-electron chi connectivity index (χ0n) is 9.84. The predicted molar refractivity (Wildman–Crippen MR) is 64.6 cm³/mol. The maximum atomic E-state index is 10.8. The number of nitrogens with one attached hydrogen (secondary N) is 1. The Labute approximate surface area is 98.8 Å². The standard InChI is InChI=1S/C11H15N5O/c1-7-3-10-13-6-14-16(10)11(4-7)15-8(2)5-9(12)17/h3-4,6,8,15H,5H2,1-2H3,(H2,12,17). The van der Waals surface area contributed by atoms with Crippen LogP contribution in [0.5, 0.6) is 0 Å². The molecule has 2 rings (SSSR count). The van der Waals surface area contributed by atoms with E-state index < -0.39 is 0 Å². The van der Waals surface area contributed by atoms with E-state index in [1.807, 2.05) is 26.0 Å². The van der Waals surface area contributed by atoms with Gasteiger partial charge in [0.15, 0.2) is 5.65 Å². The van der Waals surface area contributed by atoms with Crippen LogP contribution in [-0.4, -0.2) is 26.5 Å². The van der Waals surface area contributed by atoms with E-state index in [0.717, 1.165) is 17.0 Å². The van der Waals surface area contributed by atoms with Gasteiger partial charge in [-0.15, -0.1) is 0 Å². The number of amides is 1. The molecule has 1 atom stereocenters. The van der Waals surface area contributed by atoms with Gasteiger partial charge in [-0.25, -0.2) is 4.98 Å². The van der Waals surface area contributed by atoms with Crippen molar-refractivity contribution in [2.75, 3.05) is 5.32 Å². The van der Waals surface area contributed by atoms with E-state index in [0.29, 0.717) is 0 Å². The fraction of sp³-hybridized carbons (Fsp3) is 0.364. The second-order valence-corrected chi connectivity index (χ2v) is 4.16. The van der Waals surface area contributed by atoms with Crippen molar-refractivity contribution in [3.8, 4) is 0 Å². The molecule has 2 aromatic rings. The minimum atomic E-state index is -0.326. The van der Waals surface area contributed by atoms with Crippen molar-refractivity contribution in [1.29, 1.82) is 0 Å². The number of hydrogen-bond acceptors (Lipinski definition) is 4. The molecule has 2 aromatic heterocycles. The van der Waals surface area contributed by atoms with Crippen LogP contribution in [-0.2, 0) is 4.79 Å². The summed E-state index contributed by atoms with van der Waals surface area (Å²) >= 11 is 0. The van der Waals surface area contributed by atoms with Gasteiger partial charge < -0.3 is 11.1 Å². The van der Waals surface area contributed by atoms with Crippen LogP contribution in [0, 0.1) is 6.92 Å². The molecule has 0 aliphatic carbocycles. The number of carbonyl (C=O) groups excluding carboxylic acids is 1. The fourth-order valence-electron chi connectivity index (χ4n) is 1.76. The Morgan fingerprint density at radius 3 is 3.06 bits per heavy atom. The number of hydrogen-bond donors (Lipinski definition) is 2. The van der Waals surface area contributed by atoms with E-state index in [9.17, 15) is 4.79 Å². The Kier molecular flexibility index (Phi) is 2.95. The Hall–Kier alpha value is -2.11. The maximum Gasteiger partial charge on any atom is 0.219 e. The van der Waals surface area contributed by atoms with Gasteiger partial charge in [-0.05, 0) is 31.5 Å². The molecule has 2 heterocycles. The van der Waals surface area contributed by atoms with Crippen molar-refractivity contribution >= 4 is 17.4 Å². The average Bonchev–Trinajstić information content (AvgIpc) is 2.63. The van der Waals surface area contributed by atoms with Crippen LogP contribution in [0.2, 0.25) is 0 Å². The van der Waals surface area contributed by atoms with E-state index in [1.165, 1.54) is 6.33 Å². The molecule has 0 fully saturated rings. The number of aromatic nitrogens is 3. The zero-order valence-corrected chi connectivity index (χ0v) is 9.84. The summed E-state index contributed by atoms with van der Waals surface area (Å²) < 4.78 is 1.70. The molecule has 0 aliphatic rings. The summed E-state index contributed by atoms with van der Waals surface area (Å²) in [5.74, 6) is 0.485. The highest BCUT2D eigenvalue weighted by Crippen LogP contribution is 2.14. The van der Waals surface area contributed by atoms with Gasteiger partial charge in [0.2, 0.25) is 5.91 Å². The molecule has 0 bridgehead atoms. The third-order valence-electron chi connectivity index (χ3n) is 2.43. The summed E-state index contributed by atoms with van der Waals surface area (Å²) in [7, 11) is 0. The molecule has 0 saturated carbocycles. The number of anilines is 1. The molecule has 1 unspecified atom stereocenters. The molecule has 0 saturated heterocycles. The fourth-order valence-corrected chi connectivity index (χ4v) is 1.76. The van der Waals surface area contributed by atoms with Crippen molar-refractivity contribution < 1.29 is 4.79 Å². The van der Waals surface area contributed by atoms with Gasteiger partial charge in [-0.3, -0.25) is 4.79 Å². The highest BCUT2D eigenvalue weighted by molar-refractivity contribution is 5.74. The lowest BCUT2D eigenvalue weighted by Gasteiger charge is -2.14. The van der Waals surface area contributed by atoms with Crippen LogP contribution in [0.4, 0.5) is 5.82 Å². The second kappa shape index (κ2) is 4.40. The quantitative estimate of drug-likeness (QED) is 0.814. The normalized spacial score (nSPS) is 12.6. The molecule has 0 radical (unpaired) electrons. The van der Waals surface area contributed by atoms with Gasteiger partial charge in [-0.1, -0.05) is 0 Å². The van der Waals surface area contributed by atoms with Gasteiger partial charge >= 0.3 is 0 Å². The van der Waals surface area contributed by atoms with Gasteiger partial charge in [0, 0.05) is 12.5 Å². The number of fused-ring (bicyclic) bond motifs is 1. The monoisotopic (exact) mass is 233 g/mol. The molecule has 0 aromatic carbocycles. The minimum Gasteiger partial charge on any atom is -0.370 e. The first-order chi connectivity index (χ1) is 8.06. The van der Waals surface area contributed by atoms with Crippen molar-refractivity contribution in [2.24, 2.45) is 5.73 Å². The first-order valence-electron chi connectivity index (χ1n) is 5.41. The third-order valence-corrected chi connectivity index (χ3v) is 2.43. The van der Waals surface area contributed by atoms with Crippen molar-refractivity contribution in [3.05, 3.63) is 24.0 Å². The summed E-state index contributed by atoms with van der Waals surface area (Å²) in [5.41, 5.74) is 7.02. The highest BCUT2D eigenvalue weighted by Gasteiger charge is 2.09. The van der Waals surface area contributed by atoms with Crippen LogP contribution in [0.25, 0.3) is 5.65 Å². The number of primary amides is 1. The molecular weight excluding hydrogens is 218 g/mol. The van der Waals surface area contributed by atoms with Gasteiger partial charge in [0.25, 0.3) is 0 Å². The van der Waals surface area contributed by atoms with Crippen LogP contribution in [0.3, 0.4) is 0 Å². The zero-order chi connectivity index (χ0) is 12.4. The van der Waals surface area contributed by atoms with Gasteiger partial charge in [0.05, 0.1) is 0 Å². The molecule has 17 heavy (non-hydrogen) atoms. The average molecular weight is 233 g/mol. The van der Waals surface area contributed by atoms with Crippen molar-refractivity contribution in [2.45, 2.75) is 26.3 Å². The van der Waals surface area contributed by atoms with Crippen LogP contribution >= 0.6 is 0 Å². The molecule has 0 spiro atoms. The van der Waals surface area contributed by atoms with Crippen LogP contribution < -0.4 is 11.1 Å². The number of pyridine rings is 1. The molecule has 90 valence electrons. The summed E-state index contributed by atoms with van der Waals surface area (Å²) in [5, 5.41) is 7.32. The van der Waals surface area contributed by atoms with Gasteiger partial charge in [-0.2, -0.15) is 9.61 Å². The minimum absolute atomic E-state index is 0.0401. The maximum absolute atomic E-state index is 10.8. The third kappa shape index (κ3) is 2.52. The van der Waals surface area contributed by atoms with Crippen molar-refractivity contribution in [3.63, 3.8) is 0 Å². The Morgan fingerprint density at radius 2 is 2.35 bits per heavy atom. The number of carbonyl (C=O) groups is 1.